The Balaban J connectivity index is 2.06. The quantitative estimate of drug-likeness (QED) is 0.726. The summed E-state index contributed by atoms with van der Waals surface area (Å²) in [6.45, 7) is 5.43. The van der Waals surface area contributed by atoms with Crippen molar-refractivity contribution in [3.05, 3.63) is 59.7 Å². The van der Waals surface area contributed by atoms with E-state index < -0.39 is 0 Å². The third-order valence-corrected chi connectivity index (χ3v) is 3.84. The van der Waals surface area contributed by atoms with Gasteiger partial charge < -0.3 is 19.3 Å². The maximum Gasteiger partial charge on any atom is 0.123 e. The smallest absolute Gasteiger partial charge is 0.123 e. The minimum absolute atomic E-state index is 0.211. The monoisotopic (exact) mass is 321 g/mol. The standard InChI is InChI=1S/C18H25FN2O2/c1-15(22)12-20(9-10-23-2)14-18-7-4-8-21(18)13-16-5-3-6-17(19)11-16/h3-8,11,15,22H,9-10,12-14H2,1-2H3/p+1/t15-/m1/s1. The summed E-state index contributed by atoms with van der Waals surface area (Å²) in [5, 5.41) is 9.68. The number of aromatic nitrogens is 1. The van der Waals surface area contributed by atoms with Gasteiger partial charge >= 0.3 is 0 Å². The molecule has 0 aliphatic rings. The second-order valence-electron chi connectivity index (χ2n) is 5.98. The number of aliphatic hydroxyl groups excluding tert-OH is 1. The first-order valence-corrected chi connectivity index (χ1v) is 7.97. The number of nitrogens with zero attached hydrogens (tertiary/aromatic N) is 1. The molecule has 2 N–H and O–H groups in total. The van der Waals surface area contributed by atoms with Crippen LogP contribution in [0, 0.1) is 5.82 Å². The van der Waals surface area contributed by atoms with Gasteiger partial charge in [-0.3, -0.25) is 0 Å². The largest absolute Gasteiger partial charge is 0.388 e. The fourth-order valence-electron chi connectivity index (χ4n) is 2.78. The molecule has 0 aliphatic carbocycles. The minimum Gasteiger partial charge on any atom is -0.388 e. The number of quaternary nitrogens is 1. The third-order valence-electron chi connectivity index (χ3n) is 3.84. The number of methoxy groups -OCH3 is 1. The summed E-state index contributed by atoms with van der Waals surface area (Å²) in [5.41, 5.74) is 2.11. The summed E-state index contributed by atoms with van der Waals surface area (Å²) in [5.74, 6) is -0.211. The van der Waals surface area contributed by atoms with Crippen molar-refractivity contribution in [1.29, 1.82) is 0 Å². The van der Waals surface area contributed by atoms with Crippen molar-refractivity contribution in [3.63, 3.8) is 0 Å². The summed E-state index contributed by atoms with van der Waals surface area (Å²) in [6.07, 6.45) is 1.66. The number of rotatable bonds is 9. The van der Waals surface area contributed by atoms with E-state index in [0.717, 1.165) is 18.7 Å². The van der Waals surface area contributed by atoms with Gasteiger partial charge in [0.05, 0.1) is 12.3 Å². The molecule has 0 bridgehead atoms. The number of nitrogens with one attached hydrogen (secondary N) is 1. The minimum atomic E-state index is -0.353. The molecule has 5 heteroatoms. The summed E-state index contributed by atoms with van der Waals surface area (Å²) < 4.78 is 20.6. The van der Waals surface area contributed by atoms with Gasteiger partial charge in [-0.1, -0.05) is 12.1 Å². The van der Waals surface area contributed by atoms with E-state index in [1.807, 2.05) is 18.3 Å². The zero-order chi connectivity index (χ0) is 16.7. The van der Waals surface area contributed by atoms with E-state index in [0.29, 0.717) is 19.7 Å². The van der Waals surface area contributed by atoms with Gasteiger partial charge in [0.1, 0.15) is 31.6 Å². The van der Waals surface area contributed by atoms with Crippen LogP contribution in [0.1, 0.15) is 18.2 Å². The van der Waals surface area contributed by atoms with Crippen LogP contribution in [0.15, 0.2) is 42.6 Å². The number of hydrogen-bond acceptors (Lipinski definition) is 2. The van der Waals surface area contributed by atoms with Crippen LogP contribution in [0.3, 0.4) is 0 Å². The first-order valence-electron chi connectivity index (χ1n) is 7.97. The molecular weight excluding hydrogens is 295 g/mol. The predicted octanol–water partition coefficient (Wildman–Crippen LogP) is 1.09. The summed E-state index contributed by atoms with van der Waals surface area (Å²) in [7, 11) is 1.69. The average molecular weight is 321 g/mol. The molecule has 1 aromatic carbocycles. The molecule has 23 heavy (non-hydrogen) atoms. The Kier molecular flexibility index (Phi) is 6.77. The molecule has 0 radical (unpaired) electrons. The molecular formula is C18H26FN2O2+. The van der Waals surface area contributed by atoms with Crippen LogP contribution in [-0.2, 0) is 17.8 Å². The van der Waals surface area contributed by atoms with Crippen LogP contribution in [-0.4, -0.2) is 42.6 Å². The molecule has 0 saturated heterocycles. The lowest BCUT2D eigenvalue weighted by Gasteiger charge is -2.21. The van der Waals surface area contributed by atoms with E-state index in [-0.39, 0.29) is 11.9 Å². The lowest BCUT2D eigenvalue weighted by atomic mass is 10.2. The molecule has 0 aliphatic heterocycles. The van der Waals surface area contributed by atoms with Crippen molar-refractivity contribution in [3.8, 4) is 0 Å². The van der Waals surface area contributed by atoms with Crippen LogP contribution in [0.25, 0.3) is 0 Å². The predicted molar refractivity (Wildman–Crippen MR) is 87.9 cm³/mol. The van der Waals surface area contributed by atoms with E-state index in [1.165, 1.54) is 16.7 Å². The molecule has 4 nitrogen and oxygen atoms in total. The highest BCUT2D eigenvalue weighted by molar-refractivity contribution is 5.18. The van der Waals surface area contributed by atoms with E-state index in [1.54, 1.807) is 26.2 Å². The Morgan fingerprint density at radius 2 is 2.13 bits per heavy atom. The molecule has 1 heterocycles. The van der Waals surface area contributed by atoms with E-state index in [2.05, 4.69) is 10.6 Å². The van der Waals surface area contributed by atoms with Crippen molar-refractivity contribution < 1.29 is 19.1 Å². The third kappa shape index (κ3) is 5.78. The maximum atomic E-state index is 13.3. The highest BCUT2D eigenvalue weighted by Gasteiger charge is 2.15. The fourth-order valence-corrected chi connectivity index (χ4v) is 2.78. The van der Waals surface area contributed by atoms with E-state index in [9.17, 15) is 9.50 Å². The van der Waals surface area contributed by atoms with Gasteiger partial charge in [-0.15, -0.1) is 0 Å². The van der Waals surface area contributed by atoms with Gasteiger partial charge in [-0.25, -0.2) is 4.39 Å². The van der Waals surface area contributed by atoms with E-state index in [4.69, 9.17) is 4.74 Å². The molecule has 2 atom stereocenters. The summed E-state index contributed by atoms with van der Waals surface area (Å²) in [6, 6.07) is 10.8. The van der Waals surface area contributed by atoms with Gasteiger partial charge in [0.15, 0.2) is 0 Å². The lowest BCUT2D eigenvalue weighted by molar-refractivity contribution is -0.917. The van der Waals surface area contributed by atoms with E-state index >= 15 is 0 Å². The van der Waals surface area contributed by atoms with Crippen LogP contribution < -0.4 is 4.90 Å². The van der Waals surface area contributed by atoms with Crippen LogP contribution in [0.4, 0.5) is 4.39 Å². The molecule has 0 fully saturated rings. The molecule has 0 amide bonds. The molecule has 126 valence electrons. The number of ether oxygens (including phenoxy) is 1. The molecule has 1 unspecified atom stereocenters. The van der Waals surface area contributed by atoms with Gasteiger partial charge in [-0.05, 0) is 36.8 Å². The molecule has 2 rings (SSSR count). The highest BCUT2D eigenvalue weighted by atomic mass is 19.1. The normalized spacial score (nSPS) is 13.9. The number of benzene rings is 1. The SMILES string of the molecule is COCC[NH+](Cc1cccn1Cc1cccc(F)c1)C[C@@H](C)O. The molecule has 2 aromatic rings. The molecule has 1 aromatic heterocycles. The molecule has 0 spiro atoms. The first-order chi connectivity index (χ1) is 11.1. The first kappa shape index (κ1) is 17.7. The Hall–Kier alpha value is -1.69. The van der Waals surface area contributed by atoms with Crippen LogP contribution in [0.2, 0.25) is 0 Å². The average Bonchev–Trinajstić information content (AvgIpc) is 2.91. The number of hydrogen-bond donors (Lipinski definition) is 2. The Morgan fingerprint density at radius 1 is 1.30 bits per heavy atom. The number of aliphatic hydroxyl groups is 1. The highest BCUT2D eigenvalue weighted by Crippen LogP contribution is 2.09. The van der Waals surface area contributed by atoms with Crippen molar-refractivity contribution in [2.45, 2.75) is 26.1 Å². The van der Waals surface area contributed by atoms with Crippen molar-refractivity contribution >= 4 is 0 Å². The summed E-state index contributed by atoms with van der Waals surface area (Å²) >= 11 is 0. The maximum absolute atomic E-state index is 13.3. The fraction of sp³-hybridized carbons (Fsp3) is 0.444. The lowest BCUT2D eigenvalue weighted by Crippen LogP contribution is -3.12. The Morgan fingerprint density at radius 3 is 2.83 bits per heavy atom. The zero-order valence-electron chi connectivity index (χ0n) is 13.8. The Labute approximate surface area is 137 Å². The zero-order valence-corrected chi connectivity index (χ0v) is 13.8. The molecule has 0 saturated carbocycles. The van der Waals surface area contributed by atoms with Crippen LogP contribution >= 0.6 is 0 Å². The Bertz CT molecular complexity index is 598. The van der Waals surface area contributed by atoms with Crippen LogP contribution in [0.5, 0.6) is 0 Å². The van der Waals surface area contributed by atoms with Gasteiger partial charge in [-0.2, -0.15) is 0 Å². The van der Waals surface area contributed by atoms with Crippen molar-refractivity contribution in [2.24, 2.45) is 0 Å². The van der Waals surface area contributed by atoms with Crippen molar-refractivity contribution in [2.75, 3.05) is 26.8 Å². The topological polar surface area (TPSA) is 38.8 Å². The second-order valence-corrected chi connectivity index (χ2v) is 5.98. The second kappa shape index (κ2) is 8.82. The van der Waals surface area contributed by atoms with Gasteiger partial charge in [0.25, 0.3) is 0 Å². The number of halogens is 1. The summed E-state index contributed by atoms with van der Waals surface area (Å²) in [4.78, 5) is 1.26. The van der Waals surface area contributed by atoms with Gasteiger partial charge in [0.2, 0.25) is 0 Å². The van der Waals surface area contributed by atoms with Crippen molar-refractivity contribution in [1.82, 2.24) is 4.57 Å². The van der Waals surface area contributed by atoms with Gasteiger partial charge in [0, 0.05) is 19.9 Å².